The lowest BCUT2D eigenvalue weighted by atomic mass is 10.0. The van der Waals surface area contributed by atoms with Crippen LogP contribution in [-0.4, -0.2) is 5.91 Å². The van der Waals surface area contributed by atoms with Crippen LogP contribution in [0.2, 0.25) is 5.02 Å². The van der Waals surface area contributed by atoms with E-state index in [-0.39, 0.29) is 5.57 Å². The number of amides is 1. The van der Waals surface area contributed by atoms with Crippen molar-refractivity contribution in [2.45, 2.75) is 6.61 Å². The van der Waals surface area contributed by atoms with Crippen LogP contribution in [0.15, 0.2) is 95.0 Å². The van der Waals surface area contributed by atoms with Gasteiger partial charge < -0.3 is 10.1 Å². The van der Waals surface area contributed by atoms with Crippen LogP contribution in [0.25, 0.3) is 16.8 Å². The molecule has 0 saturated heterocycles. The SMILES string of the molecule is N#C/C(=C\c1c(OCc2ccc(Br)cc2)ccc2ccccc12)C(=O)Nc1ccc(Cl)cc1. The lowest BCUT2D eigenvalue weighted by Crippen LogP contribution is -2.13. The van der Waals surface area contributed by atoms with Crippen LogP contribution in [-0.2, 0) is 11.4 Å². The van der Waals surface area contributed by atoms with Gasteiger partial charge in [-0.1, -0.05) is 70.0 Å². The van der Waals surface area contributed by atoms with Gasteiger partial charge in [-0.2, -0.15) is 5.26 Å². The van der Waals surface area contributed by atoms with Gasteiger partial charge in [-0.3, -0.25) is 4.79 Å². The molecule has 4 nitrogen and oxygen atoms in total. The third kappa shape index (κ3) is 5.61. The summed E-state index contributed by atoms with van der Waals surface area (Å²) in [7, 11) is 0. The van der Waals surface area contributed by atoms with Crippen molar-refractivity contribution >= 4 is 56.0 Å². The van der Waals surface area contributed by atoms with Crippen LogP contribution in [0, 0.1) is 11.3 Å². The van der Waals surface area contributed by atoms with Crippen molar-refractivity contribution in [2.75, 3.05) is 5.32 Å². The van der Waals surface area contributed by atoms with Gasteiger partial charge in [0.25, 0.3) is 5.91 Å². The molecule has 1 N–H and O–H groups in total. The number of carbonyl (C=O) groups is 1. The zero-order chi connectivity index (χ0) is 23.2. The Bertz CT molecular complexity index is 1370. The number of carbonyl (C=O) groups excluding carboxylic acids is 1. The van der Waals surface area contributed by atoms with E-state index in [1.54, 1.807) is 30.3 Å². The van der Waals surface area contributed by atoms with E-state index in [0.29, 0.717) is 28.6 Å². The van der Waals surface area contributed by atoms with Gasteiger partial charge >= 0.3 is 0 Å². The zero-order valence-electron chi connectivity index (χ0n) is 17.4. The molecule has 0 bridgehead atoms. The Kier molecular flexibility index (Phi) is 7.09. The number of anilines is 1. The Morgan fingerprint density at radius 3 is 2.45 bits per heavy atom. The maximum atomic E-state index is 12.8. The average Bonchev–Trinajstić information content (AvgIpc) is 2.84. The van der Waals surface area contributed by atoms with E-state index in [4.69, 9.17) is 16.3 Å². The topological polar surface area (TPSA) is 62.1 Å². The van der Waals surface area contributed by atoms with Gasteiger partial charge in [-0.25, -0.2) is 0 Å². The minimum atomic E-state index is -0.508. The van der Waals surface area contributed by atoms with Crippen molar-refractivity contribution in [3.63, 3.8) is 0 Å². The van der Waals surface area contributed by atoms with E-state index in [0.717, 1.165) is 20.8 Å². The van der Waals surface area contributed by atoms with Gasteiger partial charge in [0.05, 0.1) is 0 Å². The van der Waals surface area contributed by atoms with Crippen molar-refractivity contribution in [1.82, 2.24) is 0 Å². The fourth-order valence-electron chi connectivity index (χ4n) is 3.32. The number of halogens is 2. The third-order valence-corrected chi connectivity index (χ3v) is 5.77. The molecule has 0 spiro atoms. The second-order valence-corrected chi connectivity index (χ2v) is 8.60. The molecule has 0 fully saturated rings. The van der Waals surface area contributed by atoms with Crippen LogP contribution in [0.5, 0.6) is 5.75 Å². The average molecular weight is 518 g/mol. The van der Waals surface area contributed by atoms with E-state index in [9.17, 15) is 10.1 Å². The molecule has 1 amide bonds. The van der Waals surface area contributed by atoms with Crippen LogP contribution < -0.4 is 10.1 Å². The van der Waals surface area contributed by atoms with Gasteiger partial charge in [-0.15, -0.1) is 0 Å². The molecular formula is C27H18BrClN2O2. The normalized spacial score (nSPS) is 11.1. The van der Waals surface area contributed by atoms with Crippen molar-refractivity contribution in [3.8, 4) is 11.8 Å². The van der Waals surface area contributed by atoms with Crippen molar-refractivity contribution < 1.29 is 9.53 Å². The first kappa shape index (κ1) is 22.6. The molecule has 0 aliphatic rings. The van der Waals surface area contributed by atoms with E-state index < -0.39 is 5.91 Å². The Hall–Kier alpha value is -3.59. The van der Waals surface area contributed by atoms with E-state index in [1.165, 1.54) is 0 Å². The summed E-state index contributed by atoms with van der Waals surface area (Å²) in [4.78, 5) is 12.8. The van der Waals surface area contributed by atoms with Crippen LogP contribution in [0.4, 0.5) is 5.69 Å². The highest BCUT2D eigenvalue weighted by atomic mass is 79.9. The largest absolute Gasteiger partial charge is 0.488 e. The summed E-state index contributed by atoms with van der Waals surface area (Å²) < 4.78 is 7.10. The summed E-state index contributed by atoms with van der Waals surface area (Å²) >= 11 is 9.34. The Morgan fingerprint density at radius 2 is 1.73 bits per heavy atom. The second kappa shape index (κ2) is 10.4. The number of nitrogens with one attached hydrogen (secondary N) is 1. The summed E-state index contributed by atoms with van der Waals surface area (Å²) in [6.45, 7) is 0.352. The number of nitrogens with zero attached hydrogens (tertiary/aromatic N) is 1. The number of rotatable bonds is 6. The highest BCUT2D eigenvalue weighted by Crippen LogP contribution is 2.31. The summed E-state index contributed by atoms with van der Waals surface area (Å²) in [5, 5.41) is 14.9. The molecule has 33 heavy (non-hydrogen) atoms. The molecule has 0 saturated carbocycles. The molecule has 4 rings (SSSR count). The summed E-state index contributed by atoms with van der Waals surface area (Å²) in [5.74, 6) is 0.0790. The molecule has 0 atom stereocenters. The van der Waals surface area contributed by atoms with Gasteiger partial charge in [0.1, 0.15) is 24.0 Å². The first-order chi connectivity index (χ1) is 16.0. The van der Waals surface area contributed by atoms with E-state index in [1.807, 2.05) is 66.7 Å². The predicted molar refractivity (Wildman–Crippen MR) is 136 cm³/mol. The van der Waals surface area contributed by atoms with Crippen LogP contribution in [0.3, 0.4) is 0 Å². The maximum Gasteiger partial charge on any atom is 0.266 e. The standard InChI is InChI=1S/C27H18BrClN2O2/c28-21-8-5-18(6-9-21)17-33-26-14-7-19-3-1-2-4-24(19)25(26)15-20(16-30)27(32)31-23-12-10-22(29)11-13-23/h1-15H,17H2,(H,31,32)/b20-15+. The number of benzene rings is 4. The zero-order valence-corrected chi connectivity index (χ0v) is 19.7. The molecule has 4 aromatic carbocycles. The fourth-order valence-corrected chi connectivity index (χ4v) is 3.71. The predicted octanol–water partition coefficient (Wildman–Crippen LogP) is 7.38. The molecule has 162 valence electrons. The molecule has 0 unspecified atom stereocenters. The lowest BCUT2D eigenvalue weighted by Gasteiger charge is -2.13. The number of hydrogen-bond donors (Lipinski definition) is 1. The minimum Gasteiger partial charge on any atom is -0.488 e. The summed E-state index contributed by atoms with van der Waals surface area (Å²) in [6, 6.07) is 28.2. The summed E-state index contributed by atoms with van der Waals surface area (Å²) in [5.41, 5.74) is 2.19. The third-order valence-electron chi connectivity index (χ3n) is 4.99. The molecule has 0 radical (unpaired) electrons. The van der Waals surface area contributed by atoms with Crippen LogP contribution >= 0.6 is 27.5 Å². The summed E-state index contributed by atoms with van der Waals surface area (Å²) in [6.07, 6.45) is 1.57. The molecule has 6 heteroatoms. The molecule has 0 aliphatic heterocycles. The van der Waals surface area contributed by atoms with Gasteiger partial charge in [0.15, 0.2) is 0 Å². The fraction of sp³-hybridized carbons (Fsp3) is 0.0370. The number of nitriles is 1. The maximum absolute atomic E-state index is 12.8. The first-order valence-corrected chi connectivity index (χ1v) is 11.3. The van der Waals surface area contributed by atoms with Crippen LogP contribution in [0.1, 0.15) is 11.1 Å². The Morgan fingerprint density at radius 1 is 1.00 bits per heavy atom. The molecular weight excluding hydrogens is 500 g/mol. The van der Waals surface area contributed by atoms with Crippen molar-refractivity contribution in [1.29, 1.82) is 5.26 Å². The first-order valence-electron chi connectivity index (χ1n) is 10.1. The Balaban J connectivity index is 1.68. The molecule has 0 heterocycles. The van der Waals surface area contributed by atoms with Gasteiger partial charge in [0, 0.05) is 20.7 Å². The van der Waals surface area contributed by atoms with Crippen molar-refractivity contribution in [3.05, 3.63) is 111 Å². The highest BCUT2D eigenvalue weighted by molar-refractivity contribution is 9.10. The van der Waals surface area contributed by atoms with E-state index >= 15 is 0 Å². The number of hydrogen-bond acceptors (Lipinski definition) is 3. The smallest absolute Gasteiger partial charge is 0.266 e. The number of fused-ring (bicyclic) bond motifs is 1. The molecule has 4 aromatic rings. The number of ether oxygens (including phenoxy) is 1. The van der Waals surface area contributed by atoms with E-state index in [2.05, 4.69) is 21.2 Å². The van der Waals surface area contributed by atoms with Crippen molar-refractivity contribution in [2.24, 2.45) is 0 Å². The van der Waals surface area contributed by atoms with Gasteiger partial charge in [-0.05, 0) is 64.9 Å². The quantitative estimate of drug-likeness (QED) is 0.214. The molecule has 0 aromatic heterocycles. The minimum absolute atomic E-state index is 0.0326. The molecule has 0 aliphatic carbocycles. The van der Waals surface area contributed by atoms with Gasteiger partial charge in [0.2, 0.25) is 0 Å². The highest BCUT2D eigenvalue weighted by Gasteiger charge is 2.14. The Labute approximate surface area is 205 Å². The monoisotopic (exact) mass is 516 g/mol. The lowest BCUT2D eigenvalue weighted by molar-refractivity contribution is -0.112. The second-order valence-electron chi connectivity index (χ2n) is 7.24.